The van der Waals surface area contributed by atoms with Crippen molar-refractivity contribution < 1.29 is 9.72 Å². The molecule has 6 nitrogen and oxygen atoms in total. The van der Waals surface area contributed by atoms with Crippen molar-refractivity contribution in [3.63, 3.8) is 0 Å². The summed E-state index contributed by atoms with van der Waals surface area (Å²) in [6.45, 7) is 0. The van der Waals surface area contributed by atoms with E-state index in [0.717, 1.165) is 0 Å². The van der Waals surface area contributed by atoms with Gasteiger partial charge in [0.25, 0.3) is 11.6 Å². The van der Waals surface area contributed by atoms with E-state index in [1.165, 1.54) is 30.5 Å². The number of hydrogen-bond acceptors (Lipinski definition) is 4. The molecule has 1 aromatic carbocycles. The second kappa shape index (κ2) is 5.45. The molecule has 7 heteroatoms. The first-order valence-electron chi connectivity index (χ1n) is 5.24. The lowest BCUT2D eigenvalue weighted by molar-refractivity contribution is -0.384. The molecule has 0 atom stereocenters. The van der Waals surface area contributed by atoms with Gasteiger partial charge in [0.05, 0.1) is 10.6 Å². The molecule has 1 aromatic heterocycles. The minimum atomic E-state index is -0.562. The summed E-state index contributed by atoms with van der Waals surface area (Å²) in [4.78, 5) is 25.8. The second-order valence-electron chi connectivity index (χ2n) is 3.60. The predicted molar refractivity (Wildman–Crippen MR) is 70.3 cm³/mol. The molecule has 1 heterocycles. The highest BCUT2D eigenvalue weighted by Gasteiger charge is 2.12. The summed E-state index contributed by atoms with van der Waals surface area (Å²) in [7, 11) is 0. The molecule has 0 aliphatic heterocycles. The van der Waals surface area contributed by atoms with Crippen molar-refractivity contribution in [3.05, 3.63) is 63.4 Å². The third-order valence-corrected chi connectivity index (χ3v) is 2.63. The summed E-state index contributed by atoms with van der Waals surface area (Å²) in [5.41, 5.74) is 0.375. The van der Waals surface area contributed by atoms with Gasteiger partial charge in [0.2, 0.25) is 0 Å². The van der Waals surface area contributed by atoms with Crippen LogP contribution < -0.4 is 5.32 Å². The highest BCUT2D eigenvalue weighted by Crippen LogP contribution is 2.19. The van der Waals surface area contributed by atoms with E-state index in [2.05, 4.69) is 10.3 Å². The Hall–Kier alpha value is -2.47. The number of hydrogen-bond donors (Lipinski definition) is 1. The van der Waals surface area contributed by atoms with Gasteiger partial charge in [-0.2, -0.15) is 0 Å². The number of halogens is 1. The normalized spacial score (nSPS) is 9.95. The van der Waals surface area contributed by atoms with Crippen LogP contribution in [-0.4, -0.2) is 15.8 Å². The molecule has 1 N–H and O–H groups in total. The fourth-order valence-electron chi connectivity index (χ4n) is 1.43. The lowest BCUT2D eigenvalue weighted by atomic mass is 10.2. The highest BCUT2D eigenvalue weighted by molar-refractivity contribution is 6.32. The SMILES string of the molecule is O=C(Nc1cccnc1Cl)c1cccc([N+](=O)[O-])c1. The van der Waals surface area contributed by atoms with Gasteiger partial charge in [-0.05, 0) is 18.2 Å². The molecule has 0 saturated heterocycles. The number of rotatable bonds is 3. The Morgan fingerprint density at radius 1 is 1.32 bits per heavy atom. The van der Waals surface area contributed by atoms with E-state index in [9.17, 15) is 14.9 Å². The smallest absolute Gasteiger partial charge is 0.270 e. The summed E-state index contributed by atoms with van der Waals surface area (Å²) < 4.78 is 0. The summed E-state index contributed by atoms with van der Waals surface area (Å²) >= 11 is 5.80. The van der Waals surface area contributed by atoms with Gasteiger partial charge >= 0.3 is 0 Å². The van der Waals surface area contributed by atoms with Gasteiger partial charge in [-0.1, -0.05) is 17.7 Å². The number of nitrogens with zero attached hydrogens (tertiary/aromatic N) is 2. The van der Waals surface area contributed by atoms with Crippen molar-refractivity contribution >= 4 is 28.9 Å². The summed E-state index contributed by atoms with van der Waals surface area (Å²) in [6.07, 6.45) is 1.49. The number of amides is 1. The van der Waals surface area contributed by atoms with Crippen LogP contribution >= 0.6 is 11.6 Å². The van der Waals surface area contributed by atoms with Crippen LogP contribution in [0, 0.1) is 10.1 Å². The lowest BCUT2D eigenvalue weighted by Gasteiger charge is -2.05. The topological polar surface area (TPSA) is 85.1 Å². The Balaban J connectivity index is 2.23. The van der Waals surface area contributed by atoms with Crippen LogP contribution in [0.2, 0.25) is 5.15 Å². The van der Waals surface area contributed by atoms with Crippen LogP contribution in [0.5, 0.6) is 0 Å². The molecule has 0 saturated carbocycles. The van der Waals surface area contributed by atoms with E-state index in [-0.39, 0.29) is 16.4 Å². The van der Waals surface area contributed by atoms with E-state index in [1.54, 1.807) is 12.1 Å². The van der Waals surface area contributed by atoms with E-state index in [1.807, 2.05) is 0 Å². The fraction of sp³-hybridized carbons (Fsp3) is 0. The number of aromatic nitrogens is 1. The van der Waals surface area contributed by atoms with E-state index < -0.39 is 10.8 Å². The van der Waals surface area contributed by atoms with Crippen molar-refractivity contribution in [2.24, 2.45) is 0 Å². The lowest BCUT2D eigenvalue weighted by Crippen LogP contribution is -2.12. The van der Waals surface area contributed by atoms with Crippen molar-refractivity contribution in [3.8, 4) is 0 Å². The molecule has 2 aromatic rings. The van der Waals surface area contributed by atoms with E-state index in [0.29, 0.717) is 5.69 Å². The Bertz CT molecular complexity index is 646. The molecule has 0 aliphatic carbocycles. The number of carbonyl (C=O) groups excluding carboxylic acids is 1. The first kappa shape index (κ1) is 13.0. The number of nitro groups is 1. The maximum atomic E-state index is 11.9. The standard InChI is InChI=1S/C12H8ClN3O3/c13-11-10(5-2-6-14-11)15-12(17)8-3-1-4-9(7-8)16(18)19/h1-7H,(H,15,17). The van der Waals surface area contributed by atoms with Gasteiger partial charge in [-0.3, -0.25) is 14.9 Å². The average Bonchev–Trinajstić information content (AvgIpc) is 2.41. The largest absolute Gasteiger partial charge is 0.319 e. The Morgan fingerprint density at radius 3 is 2.79 bits per heavy atom. The van der Waals surface area contributed by atoms with E-state index in [4.69, 9.17) is 11.6 Å². The zero-order valence-electron chi connectivity index (χ0n) is 9.54. The molecule has 0 unspecified atom stereocenters. The van der Waals surface area contributed by atoms with Crippen molar-refractivity contribution in [2.45, 2.75) is 0 Å². The van der Waals surface area contributed by atoms with Crippen molar-refractivity contribution in [1.29, 1.82) is 0 Å². The van der Waals surface area contributed by atoms with Crippen LogP contribution in [0.1, 0.15) is 10.4 Å². The number of carbonyl (C=O) groups is 1. The molecule has 0 bridgehead atoms. The number of anilines is 1. The first-order chi connectivity index (χ1) is 9.08. The number of benzene rings is 1. The van der Waals surface area contributed by atoms with Gasteiger partial charge < -0.3 is 5.32 Å². The predicted octanol–water partition coefficient (Wildman–Crippen LogP) is 2.90. The summed E-state index contributed by atoms with van der Waals surface area (Å²) in [5.74, 6) is -0.487. The fourth-order valence-corrected chi connectivity index (χ4v) is 1.60. The molecular weight excluding hydrogens is 270 g/mol. The molecule has 19 heavy (non-hydrogen) atoms. The molecule has 96 valence electrons. The third kappa shape index (κ3) is 3.05. The van der Waals surface area contributed by atoms with Crippen LogP contribution in [0.25, 0.3) is 0 Å². The quantitative estimate of drug-likeness (QED) is 0.531. The number of non-ortho nitro benzene ring substituents is 1. The molecule has 0 fully saturated rings. The minimum Gasteiger partial charge on any atom is -0.319 e. The third-order valence-electron chi connectivity index (χ3n) is 2.33. The van der Waals surface area contributed by atoms with Crippen molar-refractivity contribution in [1.82, 2.24) is 4.98 Å². The highest BCUT2D eigenvalue weighted by atomic mass is 35.5. The molecule has 1 amide bonds. The van der Waals surface area contributed by atoms with Crippen LogP contribution in [0.15, 0.2) is 42.6 Å². The van der Waals surface area contributed by atoms with E-state index >= 15 is 0 Å². The first-order valence-corrected chi connectivity index (χ1v) is 5.62. The summed E-state index contributed by atoms with van der Waals surface area (Å²) in [6, 6.07) is 8.64. The number of nitro benzene ring substituents is 1. The zero-order valence-corrected chi connectivity index (χ0v) is 10.3. The average molecular weight is 278 g/mol. The molecule has 0 aliphatic rings. The second-order valence-corrected chi connectivity index (χ2v) is 3.96. The molecule has 0 spiro atoms. The minimum absolute atomic E-state index is 0.148. The number of pyridine rings is 1. The van der Waals surface area contributed by atoms with Gasteiger partial charge in [0, 0.05) is 23.9 Å². The Kier molecular flexibility index (Phi) is 3.72. The Labute approximate surface area is 113 Å². The van der Waals surface area contributed by atoms with Gasteiger partial charge in [-0.15, -0.1) is 0 Å². The Morgan fingerprint density at radius 2 is 2.11 bits per heavy atom. The van der Waals surface area contributed by atoms with Crippen LogP contribution in [0.3, 0.4) is 0 Å². The monoisotopic (exact) mass is 277 g/mol. The van der Waals surface area contributed by atoms with Gasteiger partial charge in [0.15, 0.2) is 5.15 Å². The zero-order chi connectivity index (χ0) is 13.8. The summed E-state index contributed by atoms with van der Waals surface area (Å²) in [5, 5.41) is 13.3. The number of nitrogens with one attached hydrogen (secondary N) is 1. The van der Waals surface area contributed by atoms with Crippen LogP contribution in [-0.2, 0) is 0 Å². The van der Waals surface area contributed by atoms with Gasteiger partial charge in [0.1, 0.15) is 0 Å². The van der Waals surface area contributed by atoms with Gasteiger partial charge in [-0.25, -0.2) is 4.98 Å². The van der Waals surface area contributed by atoms with Crippen LogP contribution in [0.4, 0.5) is 11.4 Å². The maximum absolute atomic E-state index is 11.9. The van der Waals surface area contributed by atoms with Crippen molar-refractivity contribution in [2.75, 3.05) is 5.32 Å². The molecule has 0 radical (unpaired) electrons. The molecule has 2 rings (SSSR count). The maximum Gasteiger partial charge on any atom is 0.270 e. The molecular formula is C12H8ClN3O3.